The maximum Gasteiger partial charge on any atom is 0.171 e. The molecule has 0 aliphatic carbocycles. The van der Waals surface area contributed by atoms with E-state index in [0.717, 1.165) is 37.7 Å². The van der Waals surface area contributed by atoms with Crippen molar-refractivity contribution in [3.8, 4) is 5.75 Å². The minimum absolute atomic E-state index is 0.599. The van der Waals surface area contributed by atoms with E-state index in [1.165, 1.54) is 11.3 Å². The van der Waals surface area contributed by atoms with Crippen molar-refractivity contribution < 1.29 is 9.47 Å². The molecular formula is C19H23N3O2S. The van der Waals surface area contributed by atoms with Crippen LogP contribution in [0.4, 0.5) is 11.4 Å². The van der Waals surface area contributed by atoms with Crippen LogP contribution in [0.25, 0.3) is 0 Å². The van der Waals surface area contributed by atoms with E-state index in [-0.39, 0.29) is 0 Å². The molecule has 6 heteroatoms. The molecule has 3 rings (SSSR count). The van der Waals surface area contributed by atoms with Crippen molar-refractivity contribution in [2.24, 2.45) is 0 Å². The predicted molar refractivity (Wildman–Crippen MR) is 106 cm³/mol. The van der Waals surface area contributed by atoms with Crippen molar-refractivity contribution in [3.05, 3.63) is 54.1 Å². The summed E-state index contributed by atoms with van der Waals surface area (Å²) in [6, 6.07) is 16.2. The highest BCUT2D eigenvalue weighted by Gasteiger charge is 2.10. The van der Waals surface area contributed by atoms with Crippen LogP contribution in [0, 0.1) is 0 Å². The van der Waals surface area contributed by atoms with Gasteiger partial charge in [-0.1, -0.05) is 12.1 Å². The van der Waals surface area contributed by atoms with E-state index in [1.54, 1.807) is 7.11 Å². The summed E-state index contributed by atoms with van der Waals surface area (Å²) in [7, 11) is 1.65. The van der Waals surface area contributed by atoms with Crippen LogP contribution in [0.2, 0.25) is 0 Å². The van der Waals surface area contributed by atoms with Crippen molar-refractivity contribution in [3.63, 3.8) is 0 Å². The first-order chi connectivity index (χ1) is 12.2. The Morgan fingerprint density at radius 1 is 1.08 bits per heavy atom. The molecule has 0 bridgehead atoms. The summed E-state index contributed by atoms with van der Waals surface area (Å²) < 4.78 is 10.5. The molecule has 132 valence electrons. The van der Waals surface area contributed by atoms with Gasteiger partial charge in [0.25, 0.3) is 0 Å². The van der Waals surface area contributed by atoms with Gasteiger partial charge in [0.15, 0.2) is 5.11 Å². The van der Waals surface area contributed by atoms with Crippen LogP contribution >= 0.6 is 12.2 Å². The number of nitrogens with zero attached hydrogens (tertiary/aromatic N) is 1. The van der Waals surface area contributed by atoms with Crippen molar-refractivity contribution in [2.75, 3.05) is 43.6 Å². The van der Waals surface area contributed by atoms with Gasteiger partial charge in [0.1, 0.15) is 5.75 Å². The van der Waals surface area contributed by atoms with Crippen LogP contribution in [0.3, 0.4) is 0 Å². The highest BCUT2D eigenvalue weighted by atomic mass is 32.1. The van der Waals surface area contributed by atoms with E-state index < -0.39 is 0 Å². The molecule has 1 aliphatic rings. The van der Waals surface area contributed by atoms with Gasteiger partial charge < -0.3 is 25.0 Å². The second kappa shape index (κ2) is 8.69. The first-order valence-corrected chi connectivity index (χ1v) is 8.76. The largest absolute Gasteiger partial charge is 0.497 e. The zero-order valence-electron chi connectivity index (χ0n) is 14.3. The fourth-order valence-electron chi connectivity index (χ4n) is 2.68. The van der Waals surface area contributed by atoms with Crippen molar-refractivity contribution >= 4 is 28.7 Å². The third-order valence-corrected chi connectivity index (χ3v) is 4.36. The molecule has 5 nitrogen and oxygen atoms in total. The zero-order chi connectivity index (χ0) is 17.5. The Bertz CT molecular complexity index is 683. The lowest BCUT2D eigenvalue weighted by Crippen LogP contribution is -2.36. The van der Waals surface area contributed by atoms with Crippen LogP contribution in [0.15, 0.2) is 48.5 Å². The fraction of sp³-hybridized carbons (Fsp3) is 0.316. The SMILES string of the molecule is COc1ccc(NC(=S)NCc2ccc(N3CCOCC3)cc2)cc1. The molecule has 0 radical (unpaired) electrons. The molecule has 0 unspecified atom stereocenters. The minimum Gasteiger partial charge on any atom is -0.497 e. The lowest BCUT2D eigenvalue weighted by molar-refractivity contribution is 0.122. The molecule has 1 fully saturated rings. The highest BCUT2D eigenvalue weighted by molar-refractivity contribution is 7.80. The van der Waals surface area contributed by atoms with Gasteiger partial charge in [-0.05, 0) is 54.2 Å². The molecule has 2 N–H and O–H groups in total. The molecule has 2 aromatic carbocycles. The summed E-state index contributed by atoms with van der Waals surface area (Å²) in [4.78, 5) is 2.34. The standard InChI is InChI=1S/C19H23N3O2S/c1-23-18-8-4-16(5-9-18)21-19(25)20-14-15-2-6-17(7-3-15)22-10-12-24-13-11-22/h2-9H,10-14H2,1H3,(H2,20,21,25). The molecular weight excluding hydrogens is 334 g/mol. The number of hydrogen-bond acceptors (Lipinski definition) is 4. The normalized spacial score (nSPS) is 14.0. The Hall–Kier alpha value is -2.31. The summed E-state index contributed by atoms with van der Waals surface area (Å²) >= 11 is 5.35. The highest BCUT2D eigenvalue weighted by Crippen LogP contribution is 2.17. The second-order valence-corrected chi connectivity index (χ2v) is 6.21. The summed E-state index contributed by atoms with van der Waals surface area (Å²) in [6.45, 7) is 4.19. The van der Waals surface area contributed by atoms with E-state index in [9.17, 15) is 0 Å². The Kier molecular flexibility index (Phi) is 6.09. The third kappa shape index (κ3) is 5.08. The molecule has 1 heterocycles. The zero-order valence-corrected chi connectivity index (χ0v) is 15.1. The first-order valence-electron chi connectivity index (χ1n) is 8.35. The number of morpholine rings is 1. The van der Waals surface area contributed by atoms with Crippen LogP contribution in [0.1, 0.15) is 5.56 Å². The Balaban J connectivity index is 1.47. The van der Waals surface area contributed by atoms with Gasteiger partial charge >= 0.3 is 0 Å². The van der Waals surface area contributed by atoms with Crippen molar-refractivity contribution in [1.29, 1.82) is 0 Å². The number of ether oxygens (including phenoxy) is 2. The van der Waals surface area contributed by atoms with E-state index in [0.29, 0.717) is 11.7 Å². The Morgan fingerprint density at radius 3 is 2.40 bits per heavy atom. The van der Waals surface area contributed by atoms with Crippen LogP contribution in [-0.2, 0) is 11.3 Å². The first kappa shape index (κ1) is 17.5. The number of methoxy groups -OCH3 is 1. The van der Waals surface area contributed by atoms with Gasteiger partial charge in [0.05, 0.1) is 20.3 Å². The van der Waals surface area contributed by atoms with Crippen LogP contribution < -0.4 is 20.3 Å². The van der Waals surface area contributed by atoms with Gasteiger partial charge in [-0.15, -0.1) is 0 Å². The molecule has 1 saturated heterocycles. The quantitative estimate of drug-likeness (QED) is 0.802. The molecule has 0 saturated carbocycles. The van der Waals surface area contributed by atoms with Crippen molar-refractivity contribution in [2.45, 2.75) is 6.54 Å². The number of benzene rings is 2. The number of nitrogens with one attached hydrogen (secondary N) is 2. The maximum absolute atomic E-state index is 5.39. The molecule has 1 aliphatic heterocycles. The predicted octanol–water partition coefficient (Wildman–Crippen LogP) is 3.02. The van der Waals surface area contributed by atoms with Crippen LogP contribution in [0.5, 0.6) is 5.75 Å². The lowest BCUT2D eigenvalue weighted by atomic mass is 10.2. The van der Waals surface area contributed by atoms with Crippen molar-refractivity contribution in [1.82, 2.24) is 5.32 Å². The molecule has 25 heavy (non-hydrogen) atoms. The lowest BCUT2D eigenvalue weighted by Gasteiger charge is -2.28. The molecule has 2 aromatic rings. The van der Waals surface area contributed by atoms with E-state index >= 15 is 0 Å². The van der Waals surface area contributed by atoms with E-state index in [2.05, 4.69) is 39.8 Å². The minimum atomic E-state index is 0.599. The van der Waals surface area contributed by atoms with Crippen LogP contribution in [-0.4, -0.2) is 38.5 Å². The maximum atomic E-state index is 5.39. The second-order valence-electron chi connectivity index (χ2n) is 5.80. The summed E-state index contributed by atoms with van der Waals surface area (Å²) in [5, 5.41) is 7.00. The molecule has 0 amide bonds. The Morgan fingerprint density at radius 2 is 1.76 bits per heavy atom. The number of anilines is 2. The van der Waals surface area contributed by atoms with E-state index in [4.69, 9.17) is 21.7 Å². The number of rotatable bonds is 5. The molecule has 0 aromatic heterocycles. The fourth-order valence-corrected chi connectivity index (χ4v) is 2.87. The molecule has 0 spiro atoms. The Labute approximate surface area is 153 Å². The average Bonchev–Trinajstić information content (AvgIpc) is 2.68. The third-order valence-electron chi connectivity index (χ3n) is 4.11. The van der Waals surface area contributed by atoms with Gasteiger partial charge in [-0.25, -0.2) is 0 Å². The van der Waals surface area contributed by atoms with Gasteiger partial charge in [-0.2, -0.15) is 0 Å². The number of hydrogen-bond donors (Lipinski definition) is 2. The summed E-state index contributed by atoms with van der Waals surface area (Å²) in [5.41, 5.74) is 3.36. The average molecular weight is 357 g/mol. The van der Waals surface area contributed by atoms with Gasteiger partial charge in [0, 0.05) is 31.0 Å². The topological polar surface area (TPSA) is 45.8 Å². The number of thiocarbonyl (C=S) groups is 1. The summed E-state index contributed by atoms with van der Waals surface area (Å²) in [5.74, 6) is 0.824. The van der Waals surface area contributed by atoms with Gasteiger partial charge in [0.2, 0.25) is 0 Å². The smallest absolute Gasteiger partial charge is 0.171 e. The monoisotopic (exact) mass is 357 g/mol. The molecule has 0 atom stereocenters. The van der Waals surface area contributed by atoms with E-state index in [1.807, 2.05) is 24.3 Å². The summed E-state index contributed by atoms with van der Waals surface area (Å²) in [6.07, 6.45) is 0. The van der Waals surface area contributed by atoms with Gasteiger partial charge in [-0.3, -0.25) is 0 Å².